The van der Waals surface area contributed by atoms with Crippen molar-refractivity contribution < 1.29 is 19.0 Å². The highest BCUT2D eigenvalue weighted by atomic mass is 19.1. The highest BCUT2D eigenvalue weighted by Gasteiger charge is 2.09. The van der Waals surface area contributed by atoms with Gasteiger partial charge in [0, 0.05) is 6.08 Å². The van der Waals surface area contributed by atoms with Crippen molar-refractivity contribution in [2.75, 3.05) is 0 Å². The number of carbonyl (C=O) groups excluding carboxylic acids is 1. The summed E-state index contributed by atoms with van der Waals surface area (Å²) in [6.07, 6.45) is 0.906. The van der Waals surface area contributed by atoms with Crippen LogP contribution in [0.25, 0.3) is 0 Å². The number of benzene rings is 1. The normalized spacial score (nSPS) is 9.31. The van der Waals surface area contributed by atoms with Crippen molar-refractivity contribution in [2.24, 2.45) is 0 Å². The second-order valence-corrected chi connectivity index (χ2v) is 2.21. The average molecular weight is 182 g/mol. The first-order valence-corrected chi connectivity index (χ1v) is 3.47. The van der Waals surface area contributed by atoms with E-state index >= 15 is 0 Å². The molecule has 0 aliphatic heterocycles. The van der Waals surface area contributed by atoms with Gasteiger partial charge in [-0.1, -0.05) is 12.6 Å². The molecule has 0 fully saturated rings. The predicted octanol–water partition coefficient (Wildman–Crippen LogP) is 1.62. The molecule has 1 N–H and O–H groups in total. The highest BCUT2D eigenvalue weighted by Crippen LogP contribution is 2.24. The van der Waals surface area contributed by atoms with Gasteiger partial charge in [-0.15, -0.1) is 0 Å². The molecule has 1 aromatic rings. The van der Waals surface area contributed by atoms with Crippen molar-refractivity contribution in [3.8, 4) is 11.5 Å². The zero-order valence-electron chi connectivity index (χ0n) is 6.66. The monoisotopic (exact) mass is 182 g/mol. The van der Waals surface area contributed by atoms with E-state index in [9.17, 15) is 9.18 Å². The first-order valence-electron chi connectivity index (χ1n) is 3.47. The fourth-order valence-electron chi connectivity index (χ4n) is 0.728. The van der Waals surface area contributed by atoms with Crippen LogP contribution < -0.4 is 4.74 Å². The second-order valence-electron chi connectivity index (χ2n) is 2.21. The maximum absolute atomic E-state index is 12.9. The summed E-state index contributed by atoms with van der Waals surface area (Å²) >= 11 is 0. The van der Waals surface area contributed by atoms with E-state index in [1.807, 2.05) is 0 Å². The molecule has 3 nitrogen and oxygen atoms in total. The van der Waals surface area contributed by atoms with Crippen molar-refractivity contribution in [3.63, 3.8) is 0 Å². The Morgan fingerprint density at radius 1 is 1.62 bits per heavy atom. The van der Waals surface area contributed by atoms with Gasteiger partial charge in [-0.3, -0.25) is 0 Å². The molecule has 0 aromatic heterocycles. The van der Waals surface area contributed by atoms with Gasteiger partial charge in [0.25, 0.3) is 0 Å². The van der Waals surface area contributed by atoms with Gasteiger partial charge in [0.2, 0.25) is 5.82 Å². The van der Waals surface area contributed by atoms with Crippen molar-refractivity contribution in [1.82, 2.24) is 0 Å². The number of rotatable bonds is 2. The van der Waals surface area contributed by atoms with Crippen LogP contribution in [0.3, 0.4) is 0 Å². The van der Waals surface area contributed by atoms with Crippen LogP contribution in [0.1, 0.15) is 0 Å². The molecule has 0 aliphatic carbocycles. The standard InChI is InChI=1S/C9H7FO3/c1-2-8(12)13-7-5-3-4-6(11)9(7)10/h2-5,11H,1H2. The number of carbonyl (C=O) groups is 1. The minimum atomic E-state index is -0.960. The van der Waals surface area contributed by atoms with E-state index in [1.54, 1.807) is 0 Å². The average Bonchev–Trinajstić information content (AvgIpc) is 2.13. The van der Waals surface area contributed by atoms with Crippen molar-refractivity contribution >= 4 is 5.97 Å². The van der Waals surface area contributed by atoms with E-state index in [4.69, 9.17) is 5.11 Å². The van der Waals surface area contributed by atoms with Crippen LogP contribution in [0.2, 0.25) is 0 Å². The van der Waals surface area contributed by atoms with Crippen molar-refractivity contribution in [1.29, 1.82) is 0 Å². The fraction of sp³-hybridized carbons (Fsp3) is 0. The summed E-state index contributed by atoms with van der Waals surface area (Å²) in [5, 5.41) is 8.89. The molecule has 0 bridgehead atoms. The van der Waals surface area contributed by atoms with Crippen LogP contribution in [-0.4, -0.2) is 11.1 Å². The largest absolute Gasteiger partial charge is 0.505 e. The van der Waals surface area contributed by atoms with E-state index in [1.165, 1.54) is 12.1 Å². The van der Waals surface area contributed by atoms with Gasteiger partial charge in [0.05, 0.1) is 0 Å². The molecule has 0 spiro atoms. The maximum atomic E-state index is 12.9. The van der Waals surface area contributed by atoms with Gasteiger partial charge >= 0.3 is 5.97 Å². The van der Waals surface area contributed by atoms with Crippen LogP contribution in [0.4, 0.5) is 4.39 Å². The van der Waals surface area contributed by atoms with Gasteiger partial charge < -0.3 is 9.84 Å². The molecule has 0 saturated heterocycles. The lowest BCUT2D eigenvalue weighted by atomic mass is 10.3. The minimum absolute atomic E-state index is 0.315. The summed E-state index contributed by atoms with van der Waals surface area (Å²) in [6.45, 7) is 3.15. The number of halogens is 1. The van der Waals surface area contributed by atoms with Crippen molar-refractivity contribution in [2.45, 2.75) is 0 Å². The number of ether oxygens (including phenoxy) is 1. The SMILES string of the molecule is C=CC(=O)Oc1cccc(O)c1F. The Hall–Kier alpha value is -1.84. The first kappa shape index (κ1) is 9.25. The molecule has 1 aromatic carbocycles. The fourth-order valence-corrected chi connectivity index (χ4v) is 0.728. The molecule has 0 radical (unpaired) electrons. The second kappa shape index (κ2) is 3.71. The molecular formula is C9H7FO3. The molecule has 68 valence electrons. The van der Waals surface area contributed by atoms with Crippen LogP contribution in [0.5, 0.6) is 11.5 Å². The third kappa shape index (κ3) is 2.05. The Kier molecular flexibility index (Phi) is 2.64. The smallest absolute Gasteiger partial charge is 0.335 e. The number of phenols is 1. The molecule has 13 heavy (non-hydrogen) atoms. The molecule has 0 heterocycles. The van der Waals surface area contributed by atoms with Crippen LogP contribution >= 0.6 is 0 Å². The number of hydrogen-bond donors (Lipinski definition) is 1. The summed E-state index contributed by atoms with van der Waals surface area (Å²) in [5.41, 5.74) is 0. The van der Waals surface area contributed by atoms with E-state index in [0.717, 1.165) is 12.1 Å². The van der Waals surface area contributed by atoms with Gasteiger partial charge in [-0.2, -0.15) is 4.39 Å². The number of esters is 1. The third-order valence-electron chi connectivity index (χ3n) is 1.32. The summed E-state index contributed by atoms with van der Waals surface area (Å²) in [5.74, 6) is -2.61. The lowest BCUT2D eigenvalue weighted by Gasteiger charge is -2.02. The molecule has 0 atom stereocenters. The zero-order valence-corrected chi connectivity index (χ0v) is 6.66. The Bertz CT molecular complexity index is 347. The molecule has 0 aliphatic rings. The topological polar surface area (TPSA) is 46.5 Å². The van der Waals surface area contributed by atoms with Gasteiger partial charge in [0.1, 0.15) is 0 Å². The van der Waals surface area contributed by atoms with E-state index < -0.39 is 17.5 Å². The minimum Gasteiger partial charge on any atom is -0.505 e. The number of aromatic hydroxyl groups is 1. The molecule has 0 saturated carbocycles. The predicted molar refractivity (Wildman–Crippen MR) is 43.9 cm³/mol. The maximum Gasteiger partial charge on any atom is 0.335 e. The third-order valence-corrected chi connectivity index (χ3v) is 1.32. The van der Waals surface area contributed by atoms with Crippen molar-refractivity contribution in [3.05, 3.63) is 36.7 Å². The Balaban J connectivity index is 2.95. The summed E-state index contributed by atoms with van der Waals surface area (Å²) in [6, 6.07) is 3.75. The molecule has 0 amide bonds. The van der Waals surface area contributed by atoms with Crippen LogP contribution in [0, 0.1) is 5.82 Å². The summed E-state index contributed by atoms with van der Waals surface area (Å²) in [4.78, 5) is 10.7. The van der Waals surface area contributed by atoms with Crippen LogP contribution in [-0.2, 0) is 4.79 Å². The van der Waals surface area contributed by atoms with Crippen LogP contribution in [0.15, 0.2) is 30.9 Å². The van der Waals surface area contributed by atoms with E-state index in [0.29, 0.717) is 0 Å². The van der Waals surface area contributed by atoms with Gasteiger partial charge in [0.15, 0.2) is 11.5 Å². The molecule has 1 rings (SSSR count). The highest BCUT2D eigenvalue weighted by molar-refractivity contribution is 5.83. The Labute approximate surface area is 74.1 Å². The van der Waals surface area contributed by atoms with Gasteiger partial charge in [-0.25, -0.2) is 4.79 Å². The molecule has 0 unspecified atom stereocenters. The quantitative estimate of drug-likeness (QED) is 0.429. The van der Waals surface area contributed by atoms with E-state index in [2.05, 4.69) is 11.3 Å². The number of hydrogen-bond acceptors (Lipinski definition) is 3. The summed E-state index contributed by atoms with van der Waals surface area (Å²) < 4.78 is 17.4. The Morgan fingerprint density at radius 3 is 2.92 bits per heavy atom. The zero-order chi connectivity index (χ0) is 9.84. The lowest BCUT2D eigenvalue weighted by molar-refractivity contribution is -0.129. The summed E-state index contributed by atoms with van der Waals surface area (Å²) in [7, 11) is 0. The molecule has 4 heteroatoms. The lowest BCUT2D eigenvalue weighted by Crippen LogP contribution is -2.04. The number of phenolic OH excluding ortho intramolecular Hbond substituents is 1. The Morgan fingerprint density at radius 2 is 2.31 bits per heavy atom. The first-order chi connectivity index (χ1) is 6.15. The van der Waals surface area contributed by atoms with E-state index in [-0.39, 0.29) is 5.75 Å². The van der Waals surface area contributed by atoms with Gasteiger partial charge in [-0.05, 0) is 12.1 Å². The molecular weight excluding hydrogens is 175 g/mol.